The van der Waals surface area contributed by atoms with Crippen molar-refractivity contribution in [1.29, 1.82) is 0 Å². The molecule has 0 fully saturated rings. The van der Waals surface area contributed by atoms with Gasteiger partial charge in [0.25, 0.3) is 0 Å². The number of hydrogen-bond donors (Lipinski definition) is 1. The maximum absolute atomic E-state index is 11.7. The molecule has 1 N–H and O–H groups in total. The van der Waals surface area contributed by atoms with Crippen LogP contribution in [0.4, 0.5) is 0 Å². The second kappa shape index (κ2) is 4.92. The normalized spacial score (nSPS) is 11.3. The molecule has 0 amide bonds. The lowest BCUT2D eigenvalue weighted by molar-refractivity contribution is 0.585. The molecule has 82 valence electrons. The molecule has 0 aromatic heterocycles. The Kier molecular flexibility index (Phi) is 4.07. The molecule has 1 rings (SSSR count). The molecule has 1 aromatic rings. The van der Waals surface area contributed by atoms with Gasteiger partial charge in [0, 0.05) is 11.0 Å². The number of halogens is 1. The van der Waals surface area contributed by atoms with E-state index in [1.165, 1.54) is 6.08 Å². The molecular weight excluding hydrogens is 278 g/mol. The Hall–Kier alpha value is -0.650. The highest BCUT2D eigenvalue weighted by atomic mass is 79.9. The summed E-state index contributed by atoms with van der Waals surface area (Å²) in [7, 11) is -3.44. The van der Waals surface area contributed by atoms with E-state index in [1.54, 1.807) is 18.2 Å². The molecule has 0 unspecified atom stereocenters. The van der Waals surface area contributed by atoms with E-state index in [2.05, 4.69) is 27.2 Å². The van der Waals surface area contributed by atoms with Gasteiger partial charge in [0.2, 0.25) is 10.0 Å². The highest BCUT2D eigenvalue weighted by molar-refractivity contribution is 9.10. The SMILES string of the molecule is C=CCNS(=O)(=O)c1ccc(C)cc1Br. The minimum atomic E-state index is -3.44. The van der Waals surface area contributed by atoms with Gasteiger partial charge in [-0.2, -0.15) is 0 Å². The molecule has 0 radical (unpaired) electrons. The van der Waals surface area contributed by atoms with E-state index in [0.29, 0.717) is 4.47 Å². The molecule has 0 saturated carbocycles. The van der Waals surface area contributed by atoms with Crippen LogP contribution in [0.1, 0.15) is 5.56 Å². The van der Waals surface area contributed by atoms with Crippen LogP contribution in [-0.2, 0) is 10.0 Å². The van der Waals surface area contributed by atoms with Gasteiger partial charge in [-0.05, 0) is 40.5 Å². The molecular formula is C10H12BrNO2S. The predicted octanol–water partition coefficient (Wildman–Crippen LogP) is 2.22. The third kappa shape index (κ3) is 3.15. The first-order valence-electron chi connectivity index (χ1n) is 4.34. The molecule has 15 heavy (non-hydrogen) atoms. The third-order valence-electron chi connectivity index (χ3n) is 1.79. The van der Waals surface area contributed by atoms with Crippen LogP contribution >= 0.6 is 15.9 Å². The van der Waals surface area contributed by atoms with Crippen molar-refractivity contribution in [1.82, 2.24) is 4.72 Å². The Morgan fingerprint density at radius 1 is 1.53 bits per heavy atom. The minimum Gasteiger partial charge on any atom is -0.207 e. The number of aryl methyl sites for hydroxylation is 1. The summed E-state index contributed by atoms with van der Waals surface area (Å²) in [4.78, 5) is 0.245. The summed E-state index contributed by atoms with van der Waals surface area (Å²) in [6.07, 6.45) is 1.50. The van der Waals surface area contributed by atoms with Gasteiger partial charge in [-0.15, -0.1) is 6.58 Å². The lowest BCUT2D eigenvalue weighted by Gasteiger charge is -2.07. The van der Waals surface area contributed by atoms with Gasteiger partial charge in [-0.1, -0.05) is 12.1 Å². The number of rotatable bonds is 4. The van der Waals surface area contributed by atoms with Crippen molar-refractivity contribution in [3.05, 3.63) is 40.9 Å². The van der Waals surface area contributed by atoms with Crippen molar-refractivity contribution in [2.75, 3.05) is 6.54 Å². The summed E-state index contributed by atoms with van der Waals surface area (Å²) < 4.78 is 26.4. The van der Waals surface area contributed by atoms with Crippen molar-refractivity contribution in [2.45, 2.75) is 11.8 Å². The van der Waals surface area contributed by atoms with Gasteiger partial charge in [-0.3, -0.25) is 0 Å². The summed E-state index contributed by atoms with van der Waals surface area (Å²) >= 11 is 3.23. The first-order chi connectivity index (χ1) is 6.97. The Balaban J connectivity index is 3.10. The lowest BCUT2D eigenvalue weighted by atomic mass is 10.2. The Bertz CT molecular complexity index is 468. The third-order valence-corrected chi connectivity index (χ3v) is 4.19. The second-order valence-corrected chi connectivity index (χ2v) is 5.66. The van der Waals surface area contributed by atoms with Crippen LogP contribution in [0.3, 0.4) is 0 Å². The van der Waals surface area contributed by atoms with Crippen LogP contribution < -0.4 is 4.72 Å². The average molecular weight is 290 g/mol. The summed E-state index contributed by atoms with van der Waals surface area (Å²) in [5, 5.41) is 0. The lowest BCUT2D eigenvalue weighted by Crippen LogP contribution is -2.23. The number of nitrogens with one attached hydrogen (secondary N) is 1. The fourth-order valence-corrected chi connectivity index (χ4v) is 3.26. The molecule has 0 heterocycles. The predicted molar refractivity (Wildman–Crippen MR) is 64.3 cm³/mol. The second-order valence-electron chi connectivity index (χ2n) is 3.07. The van der Waals surface area contributed by atoms with Crippen molar-refractivity contribution < 1.29 is 8.42 Å². The van der Waals surface area contributed by atoms with Gasteiger partial charge in [0.1, 0.15) is 0 Å². The molecule has 0 aliphatic carbocycles. The van der Waals surface area contributed by atoms with Crippen molar-refractivity contribution in [3.63, 3.8) is 0 Å². The topological polar surface area (TPSA) is 46.2 Å². The number of sulfonamides is 1. The quantitative estimate of drug-likeness (QED) is 0.864. The zero-order chi connectivity index (χ0) is 11.5. The molecule has 5 heteroatoms. The fraction of sp³-hybridized carbons (Fsp3) is 0.200. The van der Waals surface area contributed by atoms with E-state index in [0.717, 1.165) is 5.56 Å². The first-order valence-corrected chi connectivity index (χ1v) is 6.61. The van der Waals surface area contributed by atoms with Crippen LogP contribution in [0, 0.1) is 6.92 Å². The minimum absolute atomic E-state index is 0.225. The van der Waals surface area contributed by atoms with E-state index in [-0.39, 0.29) is 11.4 Å². The maximum atomic E-state index is 11.7. The van der Waals surface area contributed by atoms with Crippen molar-refractivity contribution in [2.24, 2.45) is 0 Å². The Morgan fingerprint density at radius 3 is 2.73 bits per heavy atom. The summed E-state index contributed by atoms with van der Waals surface area (Å²) in [5.41, 5.74) is 1.00. The van der Waals surface area contributed by atoms with E-state index in [4.69, 9.17) is 0 Å². The summed E-state index contributed by atoms with van der Waals surface area (Å²) in [5.74, 6) is 0. The highest BCUT2D eigenvalue weighted by Crippen LogP contribution is 2.22. The van der Waals surface area contributed by atoms with Crippen LogP contribution in [-0.4, -0.2) is 15.0 Å². The molecule has 3 nitrogen and oxygen atoms in total. The van der Waals surface area contributed by atoms with Crippen molar-refractivity contribution in [3.8, 4) is 0 Å². The zero-order valence-electron chi connectivity index (χ0n) is 8.33. The van der Waals surface area contributed by atoms with E-state index in [1.807, 2.05) is 6.92 Å². The van der Waals surface area contributed by atoms with E-state index < -0.39 is 10.0 Å². The first kappa shape index (κ1) is 12.4. The van der Waals surface area contributed by atoms with Gasteiger partial charge in [-0.25, -0.2) is 13.1 Å². The van der Waals surface area contributed by atoms with Crippen LogP contribution in [0.2, 0.25) is 0 Å². The molecule has 0 bridgehead atoms. The van der Waals surface area contributed by atoms with Gasteiger partial charge >= 0.3 is 0 Å². The fourth-order valence-electron chi connectivity index (χ4n) is 1.07. The highest BCUT2D eigenvalue weighted by Gasteiger charge is 2.15. The Morgan fingerprint density at radius 2 is 2.20 bits per heavy atom. The van der Waals surface area contributed by atoms with Crippen LogP contribution in [0.25, 0.3) is 0 Å². The van der Waals surface area contributed by atoms with E-state index in [9.17, 15) is 8.42 Å². The number of benzene rings is 1. The summed E-state index contributed by atoms with van der Waals surface area (Å²) in [6.45, 7) is 5.58. The largest absolute Gasteiger partial charge is 0.241 e. The molecule has 0 spiro atoms. The smallest absolute Gasteiger partial charge is 0.207 e. The molecule has 0 aliphatic heterocycles. The molecule has 0 aliphatic rings. The maximum Gasteiger partial charge on any atom is 0.241 e. The van der Waals surface area contributed by atoms with Gasteiger partial charge < -0.3 is 0 Å². The summed E-state index contributed by atoms with van der Waals surface area (Å²) in [6, 6.07) is 5.10. The number of hydrogen-bond acceptors (Lipinski definition) is 2. The van der Waals surface area contributed by atoms with Gasteiger partial charge in [0.15, 0.2) is 0 Å². The monoisotopic (exact) mass is 289 g/mol. The van der Waals surface area contributed by atoms with Gasteiger partial charge in [0.05, 0.1) is 4.90 Å². The molecule has 1 aromatic carbocycles. The Labute approximate surface area is 98.4 Å². The average Bonchev–Trinajstić information content (AvgIpc) is 2.14. The zero-order valence-corrected chi connectivity index (χ0v) is 10.7. The van der Waals surface area contributed by atoms with Crippen LogP contribution in [0.5, 0.6) is 0 Å². The molecule has 0 atom stereocenters. The van der Waals surface area contributed by atoms with E-state index >= 15 is 0 Å². The molecule has 0 saturated heterocycles. The van der Waals surface area contributed by atoms with Crippen LogP contribution in [0.15, 0.2) is 40.2 Å². The standard InChI is InChI=1S/C10H12BrNO2S/c1-3-6-12-15(13,14)10-5-4-8(2)7-9(10)11/h3-5,7,12H,1,6H2,2H3. The van der Waals surface area contributed by atoms with Crippen molar-refractivity contribution >= 4 is 26.0 Å².